The first-order chi connectivity index (χ1) is 15.7. The van der Waals surface area contributed by atoms with E-state index in [4.69, 9.17) is 0 Å². The second-order valence-electron chi connectivity index (χ2n) is 9.12. The second-order valence-corrected chi connectivity index (χ2v) is 9.12. The normalized spacial score (nSPS) is 17.0. The standard InChI is InChI=1S/C26H32N6/c1-30(12-9-21-5-3-2-4-6-21)17-22-10-13-31(18-22)14-11-23-16-27-26-8-7-24(15-25(23)26)32-19-28-29-20-32/h2-8,15-16,19-20,22,27H,9-14,17-18H2,1H3/t22-/m0/s1. The number of hydrogen-bond acceptors (Lipinski definition) is 4. The van der Waals surface area contributed by atoms with Crippen molar-refractivity contribution in [1.29, 1.82) is 0 Å². The summed E-state index contributed by atoms with van der Waals surface area (Å²) in [6.07, 6.45) is 9.17. The molecule has 5 rings (SSSR count). The van der Waals surface area contributed by atoms with E-state index >= 15 is 0 Å². The Morgan fingerprint density at radius 2 is 1.91 bits per heavy atom. The Kier molecular flexibility index (Phi) is 6.32. The molecule has 0 spiro atoms. The minimum Gasteiger partial charge on any atom is -0.361 e. The third kappa shape index (κ3) is 4.92. The van der Waals surface area contributed by atoms with Gasteiger partial charge in [-0.2, -0.15) is 0 Å². The maximum atomic E-state index is 3.93. The van der Waals surface area contributed by atoms with Crippen molar-refractivity contribution in [3.05, 3.63) is 78.5 Å². The van der Waals surface area contributed by atoms with Crippen molar-refractivity contribution in [1.82, 2.24) is 29.5 Å². The predicted molar refractivity (Wildman–Crippen MR) is 129 cm³/mol. The molecule has 6 heteroatoms. The SMILES string of the molecule is CN(CCc1ccccc1)C[C@@H]1CCN(CCc2c[nH]c3ccc(-n4cnnc4)cc23)C1. The minimum atomic E-state index is 0.777. The first-order valence-electron chi connectivity index (χ1n) is 11.6. The Hall–Kier alpha value is -2.96. The zero-order valence-corrected chi connectivity index (χ0v) is 18.8. The van der Waals surface area contributed by atoms with Crippen LogP contribution in [0, 0.1) is 5.92 Å². The zero-order valence-electron chi connectivity index (χ0n) is 18.8. The van der Waals surface area contributed by atoms with Crippen molar-refractivity contribution in [3.63, 3.8) is 0 Å². The van der Waals surface area contributed by atoms with E-state index < -0.39 is 0 Å². The average molecular weight is 429 g/mol. The molecular weight excluding hydrogens is 396 g/mol. The number of hydrogen-bond donors (Lipinski definition) is 1. The van der Waals surface area contributed by atoms with E-state index in [1.807, 2.05) is 4.57 Å². The van der Waals surface area contributed by atoms with Gasteiger partial charge in [0.1, 0.15) is 12.7 Å². The summed E-state index contributed by atoms with van der Waals surface area (Å²) in [5.74, 6) is 0.777. The Labute approximate surface area is 189 Å². The van der Waals surface area contributed by atoms with Gasteiger partial charge in [0.2, 0.25) is 0 Å². The fraction of sp³-hybridized carbons (Fsp3) is 0.385. The molecule has 2 aromatic carbocycles. The van der Waals surface area contributed by atoms with Crippen LogP contribution in [-0.2, 0) is 12.8 Å². The van der Waals surface area contributed by atoms with Gasteiger partial charge >= 0.3 is 0 Å². The highest BCUT2D eigenvalue weighted by Crippen LogP contribution is 2.24. The van der Waals surface area contributed by atoms with Crippen molar-refractivity contribution < 1.29 is 0 Å². The van der Waals surface area contributed by atoms with E-state index in [1.54, 1.807) is 12.7 Å². The Morgan fingerprint density at radius 1 is 1.06 bits per heavy atom. The summed E-state index contributed by atoms with van der Waals surface area (Å²) in [5, 5.41) is 9.15. The minimum absolute atomic E-state index is 0.777. The lowest BCUT2D eigenvalue weighted by molar-refractivity contribution is 0.265. The molecule has 2 aromatic heterocycles. The van der Waals surface area contributed by atoms with Crippen LogP contribution < -0.4 is 0 Å². The summed E-state index contributed by atoms with van der Waals surface area (Å²) in [6, 6.07) is 17.3. The number of rotatable bonds is 9. The highest BCUT2D eigenvalue weighted by Gasteiger charge is 2.23. The molecule has 32 heavy (non-hydrogen) atoms. The summed E-state index contributed by atoms with van der Waals surface area (Å²) in [7, 11) is 2.27. The fourth-order valence-electron chi connectivity index (χ4n) is 4.91. The number of benzene rings is 2. The summed E-state index contributed by atoms with van der Waals surface area (Å²) in [6.45, 7) is 5.87. The fourth-order valence-corrected chi connectivity index (χ4v) is 4.91. The maximum absolute atomic E-state index is 3.93. The third-order valence-electron chi connectivity index (χ3n) is 6.73. The number of aromatic nitrogens is 4. The van der Waals surface area contributed by atoms with Gasteiger partial charge in [0, 0.05) is 49.0 Å². The van der Waals surface area contributed by atoms with Crippen LogP contribution in [0.4, 0.5) is 0 Å². The Bertz CT molecular complexity index is 1120. The molecule has 0 bridgehead atoms. The Morgan fingerprint density at radius 3 is 2.75 bits per heavy atom. The van der Waals surface area contributed by atoms with Crippen molar-refractivity contribution in [2.45, 2.75) is 19.3 Å². The number of likely N-dealkylation sites (N-methyl/N-ethyl adjacent to an activating group) is 1. The average Bonchev–Trinajstić information content (AvgIpc) is 3.58. The number of likely N-dealkylation sites (tertiary alicyclic amines) is 1. The molecule has 3 heterocycles. The molecular formula is C26H32N6. The highest BCUT2D eigenvalue weighted by molar-refractivity contribution is 5.85. The third-order valence-corrected chi connectivity index (χ3v) is 6.73. The molecule has 1 atom stereocenters. The lowest BCUT2D eigenvalue weighted by Gasteiger charge is -2.21. The van der Waals surface area contributed by atoms with Gasteiger partial charge in [-0.15, -0.1) is 10.2 Å². The predicted octanol–water partition coefficient (Wildman–Crippen LogP) is 3.79. The summed E-state index contributed by atoms with van der Waals surface area (Å²) in [4.78, 5) is 8.58. The lowest BCUT2D eigenvalue weighted by Crippen LogP contribution is -2.30. The van der Waals surface area contributed by atoms with Crippen LogP contribution in [0.3, 0.4) is 0 Å². The summed E-state index contributed by atoms with van der Waals surface area (Å²) >= 11 is 0. The lowest BCUT2D eigenvalue weighted by atomic mass is 10.1. The molecule has 0 amide bonds. The van der Waals surface area contributed by atoms with E-state index in [0.29, 0.717) is 0 Å². The van der Waals surface area contributed by atoms with Gasteiger partial charge in [-0.05, 0) is 68.1 Å². The molecule has 1 N–H and O–H groups in total. The number of nitrogens with one attached hydrogen (secondary N) is 1. The molecule has 1 fully saturated rings. The Balaban J connectivity index is 1.12. The van der Waals surface area contributed by atoms with Gasteiger partial charge in [-0.1, -0.05) is 30.3 Å². The van der Waals surface area contributed by atoms with Crippen molar-refractivity contribution in [2.24, 2.45) is 5.92 Å². The van der Waals surface area contributed by atoms with E-state index in [2.05, 4.69) is 86.8 Å². The molecule has 0 aliphatic carbocycles. The van der Waals surface area contributed by atoms with Gasteiger partial charge in [-0.3, -0.25) is 4.57 Å². The van der Waals surface area contributed by atoms with Crippen LogP contribution in [-0.4, -0.2) is 69.3 Å². The molecule has 166 valence electrons. The van der Waals surface area contributed by atoms with Crippen LogP contribution in [0.1, 0.15) is 17.5 Å². The molecule has 0 unspecified atom stereocenters. The van der Waals surface area contributed by atoms with Crippen LogP contribution >= 0.6 is 0 Å². The number of nitrogens with zero attached hydrogens (tertiary/aromatic N) is 5. The first kappa shape index (κ1) is 20.9. The van der Waals surface area contributed by atoms with Gasteiger partial charge in [0.25, 0.3) is 0 Å². The zero-order chi connectivity index (χ0) is 21.8. The second kappa shape index (κ2) is 9.67. The van der Waals surface area contributed by atoms with E-state index in [9.17, 15) is 0 Å². The van der Waals surface area contributed by atoms with Crippen molar-refractivity contribution >= 4 is 10.9 Å². The van der Waals surface area contributed by atoms with Gasteiger partial charge < -0.3 is 14.8 Å². The summed E-state index contributed by atoms with van der Waals surface area (Å²) in [5.41, 5.74) is 5.11. The molecule has 1 aliphatic rings. The largest absolute Gasteiger partial charge is 0.361 e. The van der Waals surface area contributed by atoms with Crippen molar-refractivity contribution in [2.75, 3.05) is 39.8 Å². The van der Waals surface area contributed by atoms with E-state index in [1.165, 1.54) is 48.1 Å². The van der Waals surface area contributed by atoms with E-state index in [-0.39, 0.29) is 0 Å². The molecule has 0 saturated carbocycles. The highest BCUT2D eigenvalue weighted by atomic mass is 15.2. The van der Waals surface area contributed by atoms with Gasteiger partial charge in [-0.25, -0.2) is 0 Å². The molecule has 6 nitrogen and oxygen atoms in total. The molecule has 4 aromatic rings. The van der Waals surface area contributed by atoms with Gasteiger partial charge in [0.15, 0.2) is 0 Å². The van der Waals surface area contributed by atoms with Gasteiger partial charge in [0.05, 0.1) is 0 Å². The topological polar surface area (TPSA) is 53.0 Å². The monoisotopic (exact) mass is 428 g/mol. The smallest absolute Gasteiger partial charge is 0.123 e. The van der Waals surface area contributed by atoms with Crippen LogP contribution in [0.5, 0.6) is 0 Å². The van der Waals surface area contributed by atoms with Crippen molar-refractivity contribution in [3.8, 4) is 5.69 Å². The van der Waals surface area contributed by atoms with E-state index in [0.717, 1.165) is 37.5 Å². The summed E-state index contributed by atoms with van der Waals surface area (Å²) < 4.78 is 1.95. The first-order valence-corrected chi connectivity index (χ1v) is 11.6. The molecule has 0 radical (unpaired) electrons. The number of fused-ring (bicyclic) bond motifs is 1. The van der Waals surface area contributed by atoms with Crippen LogP contribution in [0.25, 0.3) is 16.6 Å². The molecule has 1 saturated heterocycles. The number of H-pyrrole nitrogens is 1. The maximum Gasteiger partial charge on any atom is 0.123 e. The molecule has 1 aliphatic heterocycles. The van der Waals surface area contributed by atoms with Crippen LogP contribution in [0.2, 0.25) is 0 Å². The van der Waals surface area contributed by atoms with Crippen LogP contribution in [0.15, 0.2) is 67.4 Å². The quantitative estimate of drug-likeness (QED) is 0.441. The number of aromatic amines is 1.